The number of allylic oxidation sites excluding steroid dienone is 1. The number of hydrogen-bond donors (Lipinski definition) is 1. The van der Waals surface area contributed by atoms with E-state index in [1.807, 2.05) is 26.7 Å². The molecule has 0 saturated carbocycles. The number of carbonyl (C=O) groups excluding carboxylic acids is 1. The number of nitrogens with zero attached hydrogens (tertiary/aromatic N) is 1. The summed E-state index contributed by atoms with van der Waals surface area (Å²) >= 11 is 0. The van der Waals surface area contributed by atoms with Crippen molar-refractivity contribution >= 4 is 5.94 Å². The Balaban J connectivity index is 2.64. The van der Waals surface area contributed by atoms with Gasteiger partial charge in [0, 0.05) is 13.0 Å². The molecule has 1 heterocycles. The lowest BCUT2D eigenvalue weighted by molar-refractivity contribution is -0.215. The van der Waals surface area contributed by atoms with Gasteiger partial charge in [-0.3, -0.25) is 4.84 Å². The predicted octanol–water partition coefficient (Wildman–Crippen LogP) is 1.10. The van der Waals surface area contributed by atoms with E-state index in [4.69, 9.17) is 10.6 Å². The van der Waals surface area contributed by atoms with E-state index in [0.29, 0.717) is 24.6 Å². The van der Waals surface area contributed by atoms with E-state index < -0.39 is 0 Å². The van der Waals surface area contributed by atoms with Crippen LogP contribution < -0.4 is 5.73 Å². The van der Waals surface area contributed by atoms with Gasteiger partial charge in [0.2, 0.25) is 0 Å². The largest absolute Gasteiger partial charge is 0.330 e. The lowest BCUT2D eigenvalue weighted by Crippen LogP contribution is -2.39. The molecular weight excluding hydrogens is 192 g/mol. The molecule has 0 aromatic rings. The van der Waals surface area contributed by atoms with Crippen molar-refractivity contribution in [2.75, 3.05) is 13.1 Å². The van der Waals surface area contributed by atoms with Gasteiger partial charge in [-0.2, -0.15) is 0 Å². The summed E-state index contributed by atoms with van der Waals surface area (Å²) in [6.45, 7) is 7.23. The Bertz CT molecular complexity index is 264. The van der Waals surface area contributed by atoms with Crippen molar-refractivity contribution in [1.29, 1.82) is 0 Å². The molecule has 4 heteroatoms. The molecule has 0 aliphatic carbocycles. The van der Waals surface area contributed by atoms with E-state index in [0.717, 1.165) is 13.0 Å². The Morgan fingerprint density at radius 1 is 1.60 bits per heavy atom. The molecule has 0 bridgehead atoms. The quantitative estimate of drug-likeness (QED) is 0.696. The first-order valence-electron chi connectivity index (χ1n) is 5.37. The fourth-order valence-corrected chi connectivity index (χ4v) is 1.64. The van der Waals surface area contributed by atoms with Gasteiger partial charge in [-0.15, -0.1) is 0 Å². The van der Waals surface area contributed by atoms with Crippen LogP contribution in [0.3, 0.4) is 0 Å². The normalized spacial score (nSPS) is 22.8. The van der Waals surface area contributed by atoms with E-state index in [9.17, 15) is 4.79 Å². The van der Waals surface area contributed by atoms with E-state index in [-0.39, 0.29) is 5.60 Å². The molecule has 1 fully saturated rings. The van der Waals surface area contributed by atoms with Crippen LogP contribution in [0.4, 0.5) is 0 Å². The number of rotatable bonds is 2. The molecule has 1 aliphatic heterocycles. The molecule has 2 N–H and O–H groups in total. The highest BCUT2D eigenvalue weighted by Gasteiger charge is 2.27. The molecular formula is C11H20N2O2. The average molecular weight is 212 g/mol. The summed E-state index contributed by atoms with van der Waals surface area (Å²) in [6.07, 6.45) is 1.65. The summed E-state index contributed by atoms with van der Waals surface area (Å²) in [6, 6.07) is 0. The van der Waals surface area contributed by atoms with Crippen molar-refractivity contribution in [2.45, 2.75) is 39.2 Å². The van der Waals surface area contributed by atoms with Gasteiger partial charge in [-0.05, 0) is 39.7 Å². The number of hydroxylamine groups is 2. The van der Waals surface area contributed by atoms with E-state index in [2.05, 4.69) is 0 Å². The second kappa shape index (κ2) is 4.79. The van der Waals surface area contributed by atoms with Gasteiger partial charge in [-0.25, -0.2) is 9.86 Å². The van der Waals surface area contributed by atoms with Crippen LogP contribution >= 0.6 is 0 Å². The third-order valence-electron chi connectivity index (χ3n) is 2.36. The molecule has 0 spiro atoms. The van der Waals surface area contributed by atoms with Gasteiger partial charge in [0.1, 0.15) is 11.6 Å². The maximum Gasteiger partial charge on any atom is 0.148 e. The molecule has 1 atom stereocenters. The molecule has 15 heavy (non-hydrogen) atoms. The zero-order valence-electron chi connectivity index (χ0n) is 9.75. The molecule has 1 aliphatic rings. The molecule has 1 rings (SSSR count). The Labute approximate surface area is 91.0 Å². The van der Waals surface area contributed by atoms with E-state index in [1.54, 1.807) is 5.06 Å². The van der Waals surface area contributed by atoms with Crippen LogP contribution in [0.1, 0.15) is 33.6 Å². The second-order valence-electron chi connectivity index (χ2n) is 4.95. The Hall–Kier alpha value is -0.830. The minimum atomic E-state index is -0.280. The Morgan fingerprint density at radius 3 is 2.73 bits per heavy atom. The topological polar surface area (TPSA) is 55.6 Å². The van der Waals surface area contributed by atoms with Crippen molar-refractivity contribution in [3.8, 4) is 0 Å². The van der Waals surface area contributed by atoms with Crippen LogP contribution in [0.5, 0.6) is 0 Å². The van der Waals surface area contributed by atoms with Crippen molar-refractivity contribution in [3.63, 3.8) is 0 Å². The van der Waals surface area contributed by atoms with E-state index >= 15 is 0 Å². The fourth-order valence-electron chi connectivity index (χ4n) is 1.64. The lowest BCUT2D eigenvalue weighted by atomic mass is 9.96. The first kappa shape index (κ1) is 12.2. The van der Waals surface area contributed by atoms with Gasteiger partial charge in [0.15, 0.2) is 0 Å². The van der Waals surface area contributed by atoms with Crippen LogP contribution in [0.25, 0.3) is 0 Å². The standard InChI is InChI=1S/C11H20N2O2/c1-11(2,3)15-13-5-4-9(7-12)6-10(13)8-14/h9H,4-7,12H2,1-3H3. The fraction of sp³-hybridized carbons (Fsp3) is 0.818. The second-order valence-corrected chi connectivity index (χ2v) is 4.95. The summed E-state index contributed by atoms with van der Waals surface area (Å²) in [4.78, 5) is 16.5. The Morgan fingerprint density at radius 2 is 2.27 bits per heavy atom. The SMILES string of the molecule is CC(C)(C)ON1CCC(CN)CC1=C=O. The minimum Gasteiger partial charge on any atom is -0.330 e. The van der Waals surface area contributed by atoms with Gasteiger partial charge < -0.3 is 5.73 Å². The summed E-state index contributed by atoms with van der Waals surface area (Å²) in [7, 11) is 0. The van der Waals surface area contributed by atoms with Crippen molar-refractivity contribution in [2.24, 2.45) is 11.7 Å². The van der Waals surface area contributed by atoms with Crippen molar-refractivity contribution in [3.05, 3.63) is 5.70 Å². The Kier molecular flexibility index (Phi) is 3.91. The molecule has 86 valence electrons. The third kappa shape index (κ3) is 3.67. The molecule has 0 aromatic carbocycles. The minimum absolute atomic E-state index is 0.280. The zero-order chi connectivity index (χ0) is 11.5. The smallest absolute Gasteiger partial charge is 0.148 e. The molecule has 1 saturated heterocycles. The van der Waals surface area contributed by atoms with Crippen LogP contribution in [0.2, 0.25) is 0 Å². The van der Waals surface area contributed by atoms with Crippen molar-refractivity contribution < 1.29 is 9.63 Å². The summed E-state index contributed by atoms with van der Waals surface area (Å²) in [5.74, 6) is 2.34. The maximum absolute atomic E-state index is 10.8. The third-order valence-corrected chi connectivity index (χ3v) is 2.36. The summed E-state index contributed by atoms with van der Waals surface area (Å²) < 4.78 is 0. The highest BCUT2D eigenvalue weighted by molar-refractivity contribution is 5.51. The van der Waals surface area contributed by atoms with Crippen LogP contribution in [-0.2, 0) is 9.63 Å². The van der Waals surface area contributed by atoms with Gasteiger partial charge >= 0.3 is 0 Å². The average Bonchev–Trinajstić information content (AvgIpc) is 2.16. The highest BCUT2D eigenvalue weighted by Crippen LogP contribution is 2.26. The van der Waals surface area contributed by atoms with Crippen LogP contribution in [0.15, 0.2) is 5.70 Å². The monoisotopic (exact) mass is 212 g/mol. The predicted molar refractivity (Wildman–Crippen MR) is 58.5 cm³/mol. The summed E-state index contributed by atoms with van der Waals surface area (Å²) in [5, 5.41) is 1.67. The summed E-state index contributed by atoms with van der Waals surface area (Å²) in [5.41, 5.74) is 5.90. The number of piperidine rings is 1. The van der Waals surface area contributed by atoms with E-state index in [1.165, 1.54) is 0 Å². The lowest BCUT2D eigenvalue weighted by Gasteiger charge is -2.36. The molecule has 4 nitrogen and oxygen atoms in total. The van der Waals surface area contributed by atoms with Gasteiger partial charge in [0.05, 0.1) is 5.60 Å². The first-order chi connectivity index (χ1) is 6.96. The number of nitrogens with two attached hydrogens (primary N) is 1. The molecule has 0 aromatic heterocycles. The maximum atomic E-state index is 10.8. The van der Waals surface area contributed by atoms with Gasteiger partial charge in [-0.1, -0.05) is 0 Å². The highest BCUT2D eigenvalue weighted by atomic mass is 16.7. The number of hydrogen-bond acceptors (Lipinski definition) is 4. The van der Waals surface area contributed by atoms with Crippen molar-refractivity contribution in [1.82, 2.24) is 5.06 Å². The van der Waals surface area contributed by atoms with Crippen LogP contribution in [-0.4, -0.2) is 29.7 Å². The molecule has 0 radical (unpaired) electrons. The van der Waals surface area contributed by atoms with Crippen LogP contribution in [0, 0.1) is 5.92 Å². The first-order valence-corrected chi connectivity index (χ1v) is 5.37. The zero-order valence-corrected chi connectivity index (χ0v) is 9.75. The molecule has 0 amide bonds. The molecule has 1 unspecified atom stereocenters. The van der Waals surface area contributed by atoms with Gasteiger partial charge in [0.25, 0.3) is 0 Å².